The minimum Gasteiger partial charge on any atom is -0.398 e. The van der Waals surface area contributed by atoms with Gasteiger partial charge in [0.2, 0.25) is 0 Å². The van der Waals surface area contributed by atoms with Crippen LogP contribution in [0, 0.1) is 0 Å². The van der Waals surface area contributed by atoms with Crippen LogP contribution in [0.4, 0.5) is 11.5 Å². The maximum absolute atomic E-state index is 6.05. The summed E-state index contributed by atoms with van der Waals surface area (Å²) < 4.78 is 0. The Hall–Kier alpha value is -2.62. The number of hydrogen-bond donors (Lipinski definition) is 1. The Kier molecular flexibility index (Phi) is 3.69. The first kappa shape index (κ1) is 13.4. The average molecular weight is 278 g/mol. The first-order valence-electron chi connectivity index (χ1n) is 7.07. The molecule has 1 heterocycles. The van der Waals surface area contributed by atoms with Gasteiger partial charge in [0.1, 0.15) is 12.1 Å². The van der Waals surface area contributed by atoms with E-state index in [1.807, 2.05) is 36.4 Å². The normalized spacial score (nSPS) is 10.7. The lowest BCUT2D eigenvalue weighted by Crippen LogP contribution is -2.24. The summed E-state index contributed by atoms with van der Waals surface area (Å²) in [6, 6.07) is 16.0. The minimum atomic E-state index is 0.740. The lowest BCUT2D eigenvalue weighted by Gasteiger charge is -2.23. The monoisotopic (exact) mass is 278 g/mol. The van der Waals surface area contributed by atoms with E-state index < -0.39 is 0 Å². The van der Waals surface area contributed by atoms with Crippen LogP contribution in [0.2, 0.25) is 0 Å². The molecule has 21 heavy (non-hydrogen) atoms. The SMILES string of the molecule is CCN(Cc1ccccc1N)c1ncnc2ccccc12. The highest BCUT2D eigenvalue weighted by Gasteiger charge is 2.12. The molecule has 4 heteroatoms. The molecule has 0 unspecified atom stereocenters. The maximum Gasteiger partial charge on any atom is 0.140 e. The largest absolute Gasteiger partial charge is 0.398 e. The highest BCUT2D eigenvalue weighted by Crippen LogP contribution is 2.25. The highest BCUT2D eigenvalue weighted by atomic mass is 15.2. The number of nitrogens with zero attached hydrogens (tertiary/aromatic N) is 3. The van der Waals surface area contributed by atoms with Crippen molar-refractivity contribution < 1.29 is 0 Å². The molecule has 0 amide bonds. The summed E-state index contributed by atoms with van der Waals surface area (Å²) in [6.45, 7) is 3.72. The number of hydrogen-bond acceptors (Lipinski definition) is 4. The number of anilines is 2. The van der Waals surface area contributed by atoms with Crippen molar-refractivity contribution in [3.63, 3.8) is 0 Å². The zero-order chi connectivity index (χ0) is 14.7. The third kappa shape index (κ3) is 2.65. The Morgan fingerprint density at radius 2 is 1.76 bits per heavy atom. The molecule has 0 aliphatic rings. The van der Waals surface area contributed by atoms with E-state index in [1.54, 1.807) is 6.33 Å². The highest BCUT2D eigenvalue weighted by molar-refractivity contribution is 5.89. The quantitative estimate of drug-likeness (QED) is 0.744. The van der Waals surface area contributed by atoms with E-state index in [4.69, 9.17) is 5.73 Å². The second-order valence-corrected chi connectivity index (χ2v) is 4.93. The lowest BCUT2D eigenvalue weighted by atomic mass is 10.1. The predicted octanol–water partition coefficient (Wildman–Crippen LogP) is 3.24. The molecule has 0 saturated carbocycles. The van der Waals surface area contributed by atoms with Gasteiger partial charge in [0, 0.05) is 24.2 Å². The summed E-state index contributed by atoms with van der Waals surface area (Å²) in [5.41, 5.74) is 8.94. The summed E-state index contributed by atoms with van der Waals surface area (Å²) in [4.78, 5) is 11.0. The third-order valence-corrected chi connectivity index (χ3v) is 3.62. The van der Waals surface area contributed by atoms with Crippen molar-refractivity contribution in [2.24, 2.45) is 0 Å². The lowest BCUT2D eigenvalue weighted by molar-refractivity contribution is 0.818. The van der Waals surface area contributed by atoms with Gasteiger partial charge in [-0.3, -0.25) is 0 Å². The molecule has 2 N–H and O–H groups in total. The molecule has 0 bridgehead atoms. The predicted molar refractivity (Wildman–Crippen MR) is 87.1 cm³/mol. The van der Waals surface area contributed by atoms with E-state index in [2.05, 4.69) is 33.9 Å². The van der Waals surface area contributed by atoms with Gasteiger partial charge in [0.25, 0.3) is 0 Å². The smallest absolute Gasteiger partial charge is 0.140 e. The first-order valence-corrected chi connectivity index (χ1v) is 7.07. The van der Waals surface area contributed by atoms with Crippen molar-refractivity contribution in [3.8, 4) is 0 Å². The van der Waals surface area contributed by atoms with Gasteiger partial charge >= 0.3 is 0 Å². The molecule has 0 aliphatic heterocycles. The molecule has 3 rings (SSSR count). The Bertz CT molecular complexity index is 749. The molecular weight excluding hydrogens is 260 g/mol. The van der Waals surface area contributed by atoms with Crippen LogP contribution >= 0.6 is 0 Å². The van der Waals surface area contributed by atoms with Crippen LogP contribution in [0.3, 0.4) is 0 Å². The number of nitrogens with two attached hydrogens (primary N) is 1. The van der Waals surface area contributed by atoms with Crippen LogP contribution in [-0.2, 0) is 6.54 Å². The van der Waals surface area contributed by atoms with E-state index in [0.29, 0.717) is 0 Å². The van der Waals surface area contributed by atoms with Gasteiger partial charge in [-0.25, -0.2) is 9.97 Å². The van der Waals surface area contributed by atoms with Crippen LogP contribution in [0.15, 0.2) is 54.9 Å². The Balaban J connectivity index is 2.01. The van der Waals surface area contributed by atoms with Gasteiger partial charge < -0.3 is 10.6 Å². The molecule has 3 aromatic rings. The molecular formula is C17H18N4. The van der Waals surface area contributed by atoms with Crippen molar-refractivity contribution in [3.05, 3.63) is 60.4 Å². The molecule has 0 spiro atoms. The molecule has 0 aliphatic carbocycles. The second kappa shape index (κ2) is 5.79. The number of fused-ring (bicyclic) bond motifs is 1. The standard InChI is InChI=1S/C17H18N4/c1-2-21(11-13-7-3-5-9-15(13)18)17-14-8-4-6-10-16(14)19-12-20-17/h3-10,12H,2,11,18H2,1H3. The van der Waals surface area contributed by atoms with Gasteiger partial charge in [-0.2, -0.15) is 0 Å². The fourth-order valence-corrected chi connectivity index (χ4v) is 2.46. The molecule has 0 fully saturated rings. The van der Waals surface area contributed by atoms with Crippen LogP contribution < -0.4 is 10.6 Å². The average Bonchev–Trinajstić information content (AvgIpc) is 2.54. The van der Waals surface area contributed by atoms with Crippen molar-refractivity contribution in [2.45, 2.75) is 13.5 Å². The number of rotatable bonds is 4. The minimum absolute atomic E-state index is 0.740. The third-order valence-electron chi connectivity index (χ3n) is 3.62. The summed E-state index contributed by atoms with van der Waals surface area (Å²) in [5.74, 6) is 0.950. The van der Waals surface area contributed by atoms with Crippen molar-refractivity contribution in [1.82, 2.24) is 9.97 Å². The van der Waals surface area contributed by atoms with Gasteiger partial charge in [0.15, 0.2) is 0 Å². The van der Waals surface area contributed by atoms with Crippen LogP contribution in [0.1, 0.15) is 12.5 Å². The van der Waals surface area contributed by atoms with E-state index in [9.17, 15) is 0 Å². The number of nitrogen functional groups attached to an aromatic ring is 1. The van der Waals surface area contributed by atoms with Gasteiger partial charge in [-0.15, -0.1) is 0 Å². The fourth-order valence-electron chi connectivity index (χ4n) is 2.46. The molecule has 4 nitrogen and oxygen atoms in total. The zero-order valence-corrected chi connectivity index (χ0v) is 12.0. The van der Waals surface area contributed by atoms with Crippen molar-refractivity contribution >= 4 is 22.4 Å². The van der Waals surface area contributed by atoms with Crippen LogP contribution in [-0.4, -0.2) is 16.5 Å². The van der Waals surface area contributed by atoms with Crippen LogP contribution in [0.5, 0.6) is 0 Å². The van der Waals surface area contributed by atoms with Gasteiger partial charge in [0.05, 0.1) is 5.52 Å². The van der Waals surface area contributed by atoms with E-state index in [1.165, 1.54) is 0 Å². The Labute approximate surface area is 124 Å². The molecule has 0 atom stereocenters. The Morgan fingerprint density at radius 3 is 2.57 bits per heavy atom. The summed E-state index contributed by atoms with van der Waals surface area (Å²) in [6.07, 6.45) is 1.62. The summed E-state index contributed by atoms with van der Waals surface area (Å²) >= 11 is 0. The van der Waals surface area contributed by atoms with E-state index in [-0.39, 0.29) is 0 Å². The fraction of sp³-hybridized carbons (Fsp3) is 0.176. The Morgan fingerprint density at radius 1 is 1.00 bits per heavy atom. The van der Waals surface area contributed by atoms with Crippen LogP contribution in [0.25, 0.3) is 10.9 Å². The molecule has 106 valence electrons. The zero-order valence-electron chi connectivity index (χ0n) is 12.0. The second-order valence-electron chi connectivity index (χ2n) is 4.93. The molecule has 1 aromatic heterocycles. The van der Waals surface area contributed by atoms with Gasteiger partial charge in [-0.1, -0.05) is 30.3 Å². The first-order chi connectivity index (χ1) is 10.3. The number of benzene rings is 2. The molecule has 0 saturated heterocycles. The van der Waals surface area contributed by atoms with E-state index in [0.717, 1.165) is 41.1 Å². The molecule has 0 radical (unpaired) electrons. The van der Waals surface area contributed by atoms with Crippen molar-refractivity contribution in [2.75, 3.05) is 17.2 Å². The summed E-state index contributed by atoms with van der Waals surface area (Å²) in [5, 5.41) is 1.07. The van der Waals surface area contributed by atoms with Gasteiger partial charge in [-0.05, 0) is 30.7 Å². The maximum atomic E-state index is 6.05. The summed E-state index contributed by atoms with van der Waals surface area (Å²) in [7, 11) is 0. The number of para-hydroxylation sites is 2. The number of aromatic nitrogens is 2. The van der Waals surface area contributed by atoms with Crippen molar-refractivity contribution in [1.29, 1.82) is 0 Å². The van der Waals surface area contributed by atoms with E-state index >= 15 is 0 Å². The molecule has 2 aromatic carbocycles. The topological polar surface area (TPSA) is 55.0 Å².